The van der Waals surface area contributed by atoms with Crippen LogP contribution in [-0.4, -0.2) is 51.3 Å². The van der Waals surface area contributed by atoms with E-state index < -0.39 is 0 Å². The van der Waals surface area contributed by atoms with E-state index in [9.17, 15) is 5.11 Å². The Bertz CT molecular complexity index is 951. The maximum Gasteiger partial charge on any atom is 0.232 e. The van der Waals surface area contributed by atoms with E-state index >= 15 is 0 Å². The van der Waals surface area contributed by atoms with Gasteiger partial charge in [-0.15, -0.1) is 0 Å². The third-order valence-corrected chi connectivity index (χ3v) is 6.58. The van der Waals surface area contributed by atoms with Gasteiger partial charge in [0.2, 0.25) is 11.8 Å². The molecule has 0 unspecified atom stereocenters. The minimum atomic E-state index is 0.225. The molecular weight excluding hydrogens is 380 g/mol. The summed E-state index contributed by atoms with van der Waals surface area (Å²) in [6.07, 6.45) is 7.11. The first kappa shape index (κ1) is 19.6. The van der Waals surface area contributed by atoms with E-state index in [2.05, 4.69) is 9.97 Å². The van der Waals surface area contributed by atoms with Gasteiger partial charge in [-0.25, -0.2) is 4.98 Å². The van der Waals surface area contributed by atoms with E-state index in [0.717, 1.165) is 93.7 Å². The van der Waals surface area contributed by atoms with Crippen molar-refractivity contribution in [3.63, 3.8) is 0 Å². The number of aromatic hydroxyl groups is 1. The molecule has 0 radical (unpaired) electrons. The van der Waals surface area contributed by atoms with Crippen LogP contribution in [0.3, 0.4) is 0 Å². The number of imidazole rings is 1. The highest BCUT2D eigenvalue weighted by Crippen LogP contribution is 2.32. The average molecular weight is 411 g/mol. The second kappa shape index (κ2) is 8.78. The predicted octanol–water partition coefficient (Wildman–Crippen LogP) is 3.78. The Kier molecular flexibility index (Phi) is 5.73. The molecule has 2 fully saturated rings. The van der Waals surface area contributed by atoms with Crippen LogP contribution in [0.25, 0.3) is 17.0 Å². The Balaban J connectivity index is 1.44. The summed E-state index contributed by atoms with van der Waals surface area (Å²) < 4.78 is 12.6. The molecule has 2 saturated heterocycles. The number of aromatic nitrogens is 4. The second-order valence-corrected chi connectivity index (χ2v) is 8.59. The summed E-state index contributed by atoms with van der Waals surface area (Å²) in [7, 11) is 0. The van der Waals surface area contributed by atoms with E-state index in [1.807, 2.05) is 24.3 Å². The highest BCUT2D eigenvalue weighted by atomic mass is 16.5. The normalized spacial score (nSPS) is 18.9. The standard InChI is InChI=1S/C23H30N4O3/c28-22-18(15-17-9-13-30-14-10-17)19(6-5-16-7-11-29-12-8-16)26-27(22)23-24-20-3-1-2-4-21(20)25-23/h1-4,16-17,28H,5-15H2,(H,24,25). The molecule has 0 aliphatic carbocycles. The summed E-state index contributed by atoms with van der Waals surface area (Å²) in [6, 6.07) is 7.89. The molecule has 2 aliphatic rings. The Morgan fingerprint density at radius 3 is 2.43 bits per heavy atom. The van der Waals surface area contributed by atoms with Crippen LogP contribution in [0.2, 0.25) is 0 Å². The molecule has 0 saturated carbocycles. The van der Waals surface area contributed by atoms with Gasteiger partial charge in [0.15, 0.2) is 0 Å². The summed E-state index contributed by atoms with van der Waals surface area (Å²) in [6.45, 7) is 3.33. The Morgan fingerprint density at radius 1 is 1.00 bits per heavy atom. The van der Waals surface area contributed by atoms with Crippen LogP contribution in [0.15, 0.2) is 24.3 Å². The number of nitrogens with zero attached hydrogens (tertiary/aromatic N) is 3. The van der Waals surface area contributed by atoms with Crippen molar-refractivity contribution in [3.05, 3.63) is 35.5 Å². The minimum Gasteiger partial charge on any atom is -0.493 e. The zero-order chi connectivity index (χ0) is 20.3. The molecule has 0 amide bonds. The van der Waals surface area contributed by atoms with Gasteiger partial charge in [-0.1, -0.05) is 12.1 Å². The van der Waals surface area contributed by atoms with Gasteiger partial charge in [0.05, 0.1) is 16.7 Å². The van der Waals surface area contributed by atoms with Crippen LogP contribution in [0, 0.1) is 11.8 Å². The van der Waals surface area contributed by atoms with Crippen molar-refractivity contribution in [2.45, 2.75) is 44.9 Å². The maximum absolute atomic E-state index is 11.1. The first-order chi connectivity index (χ1) is 14.8. The van der Waals surface area contributed by atoms with Crippen molar-refractivity contribution in [2.75, 3.05) is 26.4 Å². The van der Waals surface area contributed by atoms with Gasteiger partial charge < -0.3 is 19.6 Å². The molecule has 4 heterocycles. The maximum atomic E-state index is 11.1. The fraction of sp³-hybridized carbons (Fsp3) is 0.565. The van der Waals surface area contributed by atoms with Crippen LogP contribution < -0.4 is 0 Å². The molecule has 1 aromatic carbocycles. The van der Waals surface area contributed by atoms with Gasteiger partial charge in [0, 0.05) is 32.0 Å². The molecule has 0 bridgehead atoms. The van der Waals surface area contributed by atoms with Crippen molar-refractivity contribution in [1.82, 2.24) is 19.7 Å². The quantitative estimate of drug-likeness (QED) is 0.646. The van der Waals surface area contributed by atoms with Crippen molar-refractivity contribution in [1.29, 1.82) is 0 Å². The molecule has 5 rings (SSSR count). The smallest absolute Gasteiger partial charge is 0.232 e. The zero-order valence-corrected chi connectivity index (χ0v) is 17.3. The predicted molar refractivity (Wildman–Crippen MR) is 114 cm³/mol. The lowest BCUT2D eigenvalue weighted by Crippen LogP contribution is -2.18. The molecule has 0 spiro atoms. The van der Waals surface area contributed by atoms with Gasteiger partial charge in [0.25, 0.3) is 0 Å². The molecule has 3 aromatic rings. The third kappa shape index (κ3) is 4.09. The van der Waals surface area contributed by atoms with Gasteiger partial charge >= 0.3 is 0 Å². The molecule has 2 N–H and O–H groups in total. The third-order valence-electron chi connectivity index (χ3n) is 6.58. The van der Waals surface area contributed by atoms with Crippen LogP contribution >= 0.6 is 0 Å². The van der Waals surface area contributed by atoms with E-state index in [4.69, 9.17) is 14.6 Å². The largest absolute Gasteiger partial charge is 0.493 e. The number of aryl methyl sites for hydroxylation is 1. The van der Waals surface area contributed by atoms with Gasteiger partial charge in [0.1, 0.15) is 0 Å². The summed E-state index contributed by atoms with van der Waals surface area (Å²) in [4.78, 5) is 7.94. The summed E-state index contributed by atoms with van der Waals surface area (Å²) in [5, 5.41) is 16.0. The Labute approximate surface area is 176 Å². The van der Waals surface area contributed by atoms with Crippen molar-refractivity contribution < 1.29 is 14.6 Å². The number of fused-ring (bicyclic) bond motifs is 1. The lowest BCUT2D eigenvalue weighted by Gasteiger charge is -2.23. The fourth-order valence-electron chi connectivity index (χ4n) is 4.70. The molecule has 30 heavy (non-hydrogen) atoms. The van der Waals surface area contributed by atoms with Crippen LogP contribution in [0.5, 0.6) is 5.88 Å². The summed E-state index contributed by atoms with van der Waals surface area (Å²) in [5.41, 5.74) is 3.80. The highest BCUT2D eigenvalue weighted by Gasteiger charge is 2.25. The van der Waals surface area contributed by atoms with Gasteiger partial charge in [-0.2, -0.15) is 9.78 Å². The molecule has 160 valence electrons. The number of benzene rings is 1. The molecule has 2 aliphatic heterocycles. The number of H-pyrrole nitrogens is 1. The van der Waals surface area contributed by atoms with Crippen LogP contribution in [0.1, 0.15) is 43.4 Å². The summed E-state index contributed by atoms with van der Waals surface area (Å²) in [5.74, 6) is 2.00. The number of para-hydroxylation sites is 2. The van der Waals surface area contributed by atoms with Crippen molar-refractivity contribution in [2.24, 2.45) is 11.8 Å². The van der Waals surface area contributed by atoms with Crippen LogP contribution in [0.4, 0.5) is 0 Å². The lowest BCUT2D eigenvalue weighted by atomic mass is 9.89. The van der Waals surface area contributed by atoms with E-state index in [1.54, 1.807) is 4.68 Å². The van der Waals surface area contributed by atoms with E-state index in [1.165, 1.54) is 0 Å². The Morgan fingerprint density at radius 2 is 1.70 bits per heavy atom. The molecule has 7 nitrogen and oxygen atoms in total. The SMILES string of the molecule is Oc1c(CC2CCOCC2)c(CCC2CCOCC2)nn1-c1nc2ccccc2[nH]1. The first-order valence-electron chi connectivity index (χ1n) is 11.2. The zero-order valence-electron chi connectivity index (χ0n) is 17.3. The van der Waals surface area contributed by atoms with E-state index in [0.29, 0.717) is 17.8 Å². The number of aromatic amines is 1. The Hall–Kier alpha value is -2.38. The minimum absolute atomic E-state index is 0.225. The van der Waals surface area contributed by atoms with E-state index in [-0.39, 0.29) is 5.88 Å². The number of hydrogen-bond acceptors (Lipinski definition) is 5. The summed E-state index contributed by atoms with van der Waals surface area (Å²) >= 11 is 0. The average Bonchev–Trinajstić information content (AvgIpc) is 3.35. The number of rotatable bonds is 6. The second-order valence-electron chi connectivity index (χ2n) is 8.59. The number of hydrogen-bond donors (Lipinski definition) is 2. The topological polar surface area (TPSA) is 85.2 Å². The first-order valence-corrected chi connectivity index (χ1v) is 11.2. The fourth-order valence-corrected chi connectivity index (χ4v) is 4.70. The number of ether oxygens (including phenoxy) is 2. The van der Waals surface area contributed by atoms with Crippen molar-refractivity contribution in [3.8, 4) is 11.8 Å². The van der Waals surface area contributed by atoms with Crippen molar-refractivity contribution >= 4 is 11.0 Å². The van der Waals surface area contributed by atoms with Gasteiger partial charge in [-0.05, 0) is 68.9 Å². The number of nitrogens with one attached hydrogen (secondary N) is 1. The molecule has 7 heteroatoms. The molecule has 0 atom stereocenters. The molecule has 2 aromatic heterocycles. The lowest BCUT2D eigenvalue weighted by molar-refractivity contribution is 0.0637. The molecular formula is C23H30N4O3. The monoisotopic (exact) mass is 410 g/mol. The highest BCUT2D eigenvalue weighted by molar-refractivity contribution is 5.76. The van der Waals surface area contributed by atoms with Crippen LogP contribution in [-0.2, 0) is 22.3 Å². The van der Waals surface area contributed by atoms with Gasteiger partial charge in [-0.3, -0.25) is 0 Å².